The van der Waals surface area contributed by atoms with Crippen LogP contribution in [0.5, 0.6) is 0 Å². The SMILES string of the molecule is CC(C(=O)c1ccccc1)C1CCC2C3CCC4CC(O)CCC4(C)C3CCC12C. The van der Waals surface area contributed by atoms with Crippen LogP contribution in [0.15, 0.2) is 30.3 Å². The Morgan fingerprint density at radius 3 is 2.40 bits per heavy atom. The summed E-state index contributed by atoms with van der Waals surface area (Å²) in [7, 11) is 0. The van der Waals surface area contributed by atoms with Gasteiger partial charge in [0, 0.05) is 11.5 Å². The molecule has 164 valence electrons. The molecule has 1 aromatic carbocycles. The van der Waals surface area contributed by atoms with Crippen molar-refractivity contribution in [3.63, 3.8) is 0 Å². The lowest BCUT2D eigenvalue weighted by molar-refractivity contribution is -0.128. The van der Waals surface area contributed by atoms with Gasteiger partial charge in [0.05, 0.1) is 6.10 Å². The minimum Gasteiger partial charge on any atom is -0.393 e. The molecule has 4 saturated carbocycles. The summed E-state index contributed by atoms with van der Waals surface area (Å²) < 4.78 is 0. The van der Waals surface area contributed by atoms with E-state index >= 15 is 0 Å². The molecule has 0 aliphatic heterocycles. The molecule has 2 heteroatoms. The second-order valence-corrected chi connectivity index (χ2v) is 11.8. The number of Topliss-reactive ketones (excluding diaryl/α,β-unsaturated/α-hetero) is 1. The molecule has 9 atom stereocenters. The van der Waals surface area contributed by atoms with Crippen LogP contribution in [0, 0.1) is 46.3 Å². The van der Waals surface area contributed by atoms with Gasteiger partial charge in [0.2, 0.25) is 0 Å². The number of aliphatic hydroxyl groups is 1. The largest absolute Gasteiger partial charge is 0.393 e. The van der Waals surface area contributed by atoms with Crippen LogP contribution in [0.1, 0.15) is 88.9 Å². The summed E-state index contributed by atoms with van der Waals surface area (Å²) in [6.45, 7) is 7.32. The first-order chi connectivity index (χ1) is 14.3. The molecule has 0 saturated heterocycles. The predicted octanol–water partition coefficient (Wildman–Crippen LogP) is 6.53. The molecule has 0 radical (unpaired) electrons. The number of fused-ring (bicyclic) bond motifs is 5. The predicted molar refractivity (Wildman–Crippen MR) is 121 cm³/mol. The number of ketones is 1. The zero-order chi connectivity index (χ0) is 21.1. The second-order valence-electron chi connectivity index (χ2n) is 11.8. The maximum absolute atomic E-state index is 13.3. The molecule has 9 unspecified atom stereocenters. The minimum absolute atomic E-state index is 0.0609. The van der Waals surface area contributed by atoms with Gasteiger partial charge in [-0.05, 0) is 98.2 Å². The first kappa shape index (κ1) is 20.7. The second kappa shape index (κ2) is 7.47. The number of aliphatic hydroxyl groups excluding tert-OH is 1. The van der Waals surface area contributed by atoms with Crippen molar-refractivity contribution in [2.75, 3.05) is 0 Å². The van der Waals surface area contributed by atoms with Crippen molar-refractivity contribution in [3.05, 3.63) is 35.9 Å². The van der Waals surface area contributed by atoms with Crippen LogP contribution in [0.4, 0.5) is 0 Å². The molecule has 1 N–H and O–H groups in total. The summed E-state index contributed by atoms with van der Waals surface area (Å²) in [6.07, 6.45) is 11.0. The summed E-state index contributed by atoms with van der Waals surface area (Å²) in [6, 6.07) is 9.96. The monoisotopic (exact) mass is 408 g/mol. The first-order valence-electron chi connectivity index (χ1n) is 12.6. The third kappa shape index (κ3) is 3.04. The van der Waals surface area contributed by atoms with E-state index in [9.17, 15) is 9.90 Å². The topological polar surface area (TPSA) is 37.3 Å². The fourth-order valence-electron chi connectivity index (χ4n) is 9.15. The fraction of sp³-hybridized carbons (Fsp3) is 0.750. The number of benzene rings is 1. The zero-order valence-corrected chi connectivity index (χ0v) is 19.1. The van der Waals surface area contributed by atoms with Crippen molar-refractivity contribution >= 4 is 5.78 Å². The molecule has 0 spiro atoms. The van der Waals surface area contributed by atoms with Crippen LogP contribution >= 0.6 is 0 Å². The number of rotatable bonds is 3. The van der Waals surface area contributed by atoms with Gasteiger partial charge in [-0.1, -0.05) is 51.1 Å². The average molecular weight is 409 g/mol. The Labute approximate surface area is 182 Å². The van der Waals surface area contributed by atoms with Gasteiger partial charge in [-0.15, -0.1) is 0 Å². The van der Waals surface area contributed by atoms with E-state index in [4.69, 9.17) is 0 Å². The quantitative estimate of drug-likeness (QED) is 0.578. The average Bonchev–Trinajstić information content (AvgIpc) is 3.11. The highest BCUT2D eigenvalue weighted by atomic mass is 16.3. The van der Waals surface area contributed by atoms with Crippen LogP contribution in [0.3, 0.4) is 0 Å². The molecule has 4 aliphatic carbocycles. The lowest BCUT2D eigenvalue weighted by Gasteiger charge is -2.61. The molecule has 5 rings (SSSR count). The lowest BCUT2D eigenvalue weighted by atomic mass is 9.44. The Balaban J connectivity index is 1.37. The van der Waals surface area contributed by atoms with E-state index in [1.54, 1.807) is 0 Å². The van der Waals surface area contributed by atoms with Gasteiger partial charge in [-0.3, -0.25) is 4.79 Å². The van der Waals surface area contributed by atoms with Crippen LogP contribution in [-0.4, -0.2) is 17.0 Å². The molecule has 2 nitrogen and oxygen atoms in total. The Morgan fingerprint density at radius 2 is 1.63 bits per heavy atom. The first-order valence-corrected chi connectivity index (χ1v) is 12.6. The summed E-state index contributed by atoms with van der Waals surface area (Å²) in [4.78, 5) is 13.3. The summed E-state index contributed by atoms with van der Waals surface area (Å²) in [5, 5.41) is 10.3. The molecule has 1 aromatic rings. The summed E-state index contributed by atoms with van der Waals surface area (Å²) in [5.41, 5.74) is 1.65. The maximum atomic E-state index is 13.3. The smallest absolute Gasteiger partial charge is 0.165 e. The van der Waals surface area contributed by atoms with Crippen molar-refractivity contribution in [2.45, 2.75) is 84.7 Å². The Bertz CT molecular complexity index is 787. The Morgan fingerprint density at radius 1 is 0.933 bits per heavy atom. The van der Waals surface area contributed by atoms with Gasteiger partial charge in [-0.25, -0.2) is 0 Å². The van der Waals surface area contributed by atoms with E-state index in [1.165, 1.54) is 44.9 Å². The maximum Gasteiger partial charge on any atom is 0.165 e. The van der Waals surface area contributed by atoms with E-state index in [1.807, 2.05) is 30.3 Å². The number of hydrogen-bond donors (Lipinski definition) is 1. The third-order valence-electron chi connectivity index (χ3n) is 10.8. The number of hydrogen-bond acceptors (Lipinski definition) is 2. The van der Waals surface area contributed by atoms with E-state index in [0.717, 1.165) is 42.1 Å². The van der Waals surface area contributed by atoms with E-state index in [0.29, 0.717) is 22.5 Å². The Kier molecular flexibility index (Phi) is 5.16. The third-order valence-corrected chi connectivity index (χ3v) is 10.8. The van der Waals surface area contributed by atoms with Crippen LogP contribution < -0.4 is 0 Å². The zero-order valence-electron chi connectivity index (χ0n) is 19.1. The minimum atomic E-state index is -0.0609. The summed E-state index contributed by atoms with van der Waals surface area (Å²) >= 11 is 0. The molecule has 30 heavy (non-hydrogen) atoms. The molecule has 0 aromatic heterocycles. The van der Waals surface area contributed by atoms with Gasteiger partial charge < -0.3 is 5.11 Å². The molecule has 4 fully saturated rings. The van der Waals surface area contributed by atoms with E-state index < -0.39 is 0 Å². The van der Waals surface area contributed by atoms with Gasteiger partial charge in [0.15, 0.2) is 5.78 Å². The van der Waals surface area contributed by atoms with Gasteiger partial charge in [0.25, 0.3) is 0 Å². The van der Waals surface area contributed by atoms with Crippen molar-refractivity contribution in [1.82, 2.24) is 0 Å². The van der Waals surface area contributed by atoms with Crippen molar-refractivity contribution in [2.24, 2.45) is 46.3 Å². The highest BCUT2D eigenvalue weighted by molar-refractivity contribution is 5.97. The standard InChI is InChI=1S/C28H40O2/c1-18(26(30)19-7-5-4-6-8-19)23-11-12-24-22-10-9-20-17-21(29)13-15-27(20,2)25(22)14-16-28(23,24)3/h4-8,18,20-25,29H,9-17H2,1-3H3. The Hall–Kier alpha value is -1.15. The van der Waals surface area contributed by atoms with Crippen LogP contribution in [0.2, 0.25) is 0 Å². The summed E-state index contributed by atoms with van der Waals surface area (Å²) in [5.74, 6) is 4.18. The molecular formula is C28H40O2. The van der Waals surface area contributed by atoms with Gasteiger partial charge in [-0.2, -0.15) is 0 Å². The van der Waals surface area contributed by atoms with Gasteiger partial charge in [0.1, 0.15) is 0 Å². The highest BCUT2D eigenvalue weighted by Gasteiger charge is 2.61. The van der Waals surface area contributed by atoms with Crippen molar-refractivity contribution in [1.29, 1.82) is 0 Å². The normalized spacial score (nSPS) is 46.4. The lowest BCUT2D eigenvalue weighted by Crippen LogP contribution is -2.54. The highest BCUT2D eigenvalue weighted by Crippen LogP contribution is 2.68. The molecule has 4 aliphatic rings. The van der Waals surface area contributed by atoms with Gasteiger partial charge >= 0.3 is 0 Å². The number of carbonyl (C=O) groups is 1. The molecular weight excluding hydrogens is 368 g/mol. The number of carbonyl (C=O) groups excluding carboxylic acids is 1. The fourth-order valence-corrected chi connectivity index (χ4v) is 9.15. The van der Waals surface area contributed by atoms with E-state index in [2.05, 4.69) is 20.8 Å². The van der Waals surface area contributed by atoms with Crippen molar-refractivity contribution < 1.29 is 9.90 Å². The van der Waals surface area contributed by atoms with Crippen LogP contribution in [0.25, 0.3) is 0 Å². The molecule has 0 amide bonds. The molecule has 0 bridgehead atoms. The van der Waals surface area contributed by atoms with E-state index in [-0.39, 0.29) is 12.0 Å². The van der Waals surface area contributed by atoms with Crippen LogP contribution in [-0.2, 0) is 0 Å². The van der Waals surface area contributed by atoms with Crippen molar-refractivity contribution in [3.8, 4) is 0 Å². The molecule has 0 heterocycles.